The molecule has 2 aliphatic rings. The normalized spacial score (nSPS) is 19.4. The average Bonchev–Trinajstić information content (AvgIpc) is 3.24. The van der Waals surface area contributed by atoms with Crippen molar-refractivity contribution in [2.24, 2.45) is 0 Å². The lowest BCUT2D eigenvalue weighted by atomic mass is 9.94. The van der Waals surface area contributed by atoms with Crippen LogP contribution in [0.4, 0.5) is 4.39 Å². The van der Waals surface area contributed by atoms with E-state index in [1.165, 1.54) is 22.5 Å². The number of carbonyl (C=O) groups is 1. The van der Waals surface area contributed by atoms with Gasteiger partial charge in [-0.05, 0) is 31.0 Å². The maximum atomic E-state index is 13.4. The van der Waals surface area contributed by atoms with Crippen molar-refractivity contribution in [3.05, 3.63) is 47.6 Å². The van der Waals surface area contributed by atoms with Crippen molar-refractivity contribution in [1.29, 1.82) is 0 Å². The number of benzene rings is 1. The molecule has 2 saturated heterocycles. The first-order chi connectivity index (χ1) is 13.9. The predicted molar refractivity (Wildman–Crippen MR) is 100 cm³/mol. The van der Waals surface area contributed by atoms with E-state index in [0.29, 0.717) is 57.9 Å². The van der Waals surface area contributed by atoms with E-state index in [1.807, 2.05) is 0 Å². The summed E-state index contributed by atoms with van der Waals surface area (Å²) in [5.41, 5.74) is 0.657. The number of aromatic nitrogens is 1. The van der Waals surface area contributed by atoms with Gasteiger partial charge in [-0.25, -0.2) is 12.8 Å². The van der Waals surface area contributed by atoms with Gasteiger partial charge in [0.25, 0.3) is 5.91 Å². The van der Waals surface area contributed by atoms with E-state index in [9.17, 15) is 17.6 Å². The molecule has 2 aromatic rings. The van der Waals surface area contributed by atoms with Gasteiger partial charge in [-0.15, -0.1) is 0 Å². The van der Waals surface area contributed by atoms with E-state index in [4.69, 9.17) is 9.26 Å². The summed E-state index contributed by atoms with van der Waals surface area (Å²) in [6, 6.07) is 6.68. The molecule has 2 fully saturated rings. The molecule has 0 bridgehead atoms. The van der Waals surface area contributed by atoms with Crippen LogP contribution in [-0.4, -0.2) is 68.1 Å². The Balaban J connectivity index is 1.40. The third-order valence-electron chi connectivity index (χ3n) is 5.34. The number of carbonyl (C=O) groups excluding carboxylic acids is 1. The van der Waals surface area contributed by atoms with Crippen molar-refractivity contribution < 1.29 is 26.9 Å². The van der Waals surface area contributed by atoms with Gasteiger partial charge in [0, 0.05) is 38.2 Å². The lowest BCUT2D eigenvalue weighted by molar-refractivity contribution is 0.0277. The van der Waals surface area contributed by atoms with Gasteiger partial charge in [-0.3, -0.25) is 4.79 Å². The van der Waals surface area contributed by atoms with Crippen LogP contribution in [0.2, 0.25) is 0 Å². The molecule has 0 spiro atoms. The number of ether oxygens (including phenoxy) is 1. The number of amides is 1. The summed E-state index contributed by atoms with van der Waals surface area (Å²) in [4.78, 5) is 14.1. The molecule has 156 valence electrons. The molecule has 0 aliphatic carbocycles. The summed E-state index contributed by atoms with van der Waals surface area (Å²) in [7, 11) is -3.74. The van der Waals surface area contributed by atoms with Gasteiger partial charge >= 0.3 is 0 Å². The van der Waals surface area contributed by atoms with Crippen molar-refractivity contribution in [1.82, 2.24) is 14.4 Å². The number of hydrogen-bond acceptors (Lipinski definition) is 6. The van der Waals surface area contributed by atoms with Crippen LogP contribution < -0.4 is 0 Å². The lowest BCUT2D eigenvalue weighted by Crippen LogP contribution is -2.40. The minimum absolute atomic E-state index is 0.00366. The third kappa shape index (κ3) is 4.19. The topological polar surface area (TPSA) is 93.0 Å². The van der Waals surface area contributed by atoms with Crippen LogP contribution >= 0.6 is 0 Å². The van der Waals surface area contributed by atoms with Crippen LogP contribution in [-0.2, 0) is 14.8 Å². The van der Waals surface area contributed by atoms with Gasteiger partial charge < -0.3 is 14.2 Å². The maximum Gasteiger partial charge on any atom is 0.292 e. The zero-order valence-electron chi connectivity index (χ0n) is 15.8. The molecule has 0 unspecified atom stereocenters. The largest absolute Gasteiger partial charge is 0.378 e. The van der Waals surface area contributed by atoms with Crippen LogP contribution in [0.25, 0.3) is 0 Å². The van der Waals surface area contributed by atoms with E-state index in [1.54, 1.807) is 11.0 Å². The maximum absolute atomic E-state index is 13.4. The van der Waals surface area contributed by atoms with Crippen LogP contribution in [0.15, 0.2) is 39.8 Å². The Morgan fingerprint density at radius 3 is 2.52 bits per heavy atom. The van der Waals surface area contributed by atoms with E-state index in [0.717, 1.165) is 6.07 Å². The standard InChI is InChI=1S/C19H22FN3O5S/c20-15-2-1-3-16(12-15)29(25,26)23-6-4-14(5-7-23)17-13-18(28-21-17)19(24)22-8-10-27-11-9-22/h1-3,12-14H,4-11H2. The number of sulfonamides is 1. The van der Waals surface area contributed by atoms with E-state index >= 15 is 0 Å². The molecule has 0 atom stereocenters. The first kappa shape index (κ1) is 20.0. The molecule has 1 aromatic carbocycles. The third-order valence-corrected chi connectivity index (χ3v) is 7.24. The molecule has 0 saturated carbocycles. The fraction of sp³-hybridized carbons (Fsp3) is 0.474. The highest BCUT2D eigenvalue weighted by Gasteiger charge is 2.32. The number of hydrogen-bond donors (Lipinski definition) is 0. The van der Waals surface area contributed by atoms with Crippen molar-refractivity contribution in [3.63, 3.8) is 0 Å². The van der Waals surface area contributed by atoms with Crippen LogP contribution in [0.3, 0.4) is 0 Å². The second kappa shape index (κ2) is 8.21. The van der Waals surface area contributed by atoms with Gasteiger partial charge in [0.15, 0.2) is 0 Å². The molecule has 10 heteroatoms. The van der Waals surface area contributed by atoms with Crippen molar-refractivity contribution in [2.45, 2.75) is 23.7 Å². The van der Waals surface area contributed by atoms with Gasteiger partial charge in [-0.2, -0.15) is 4.31 Å². The number of halogens is 1. The summed E-state index contributed by atoms with van der Waals surface area (Å²) in [6.07, 6.45) is 1.10. The highest BCUT2D eigenvalue weighted by atomic mass is 32.2. The Morgan fingerprint density at radius 1 is 1.10 bits per heavy atom. The molecule has 29 heavy (non-hydrogen) atoms. The Kier molecular flexibility index (Phi) is 5.66. The molecule has 3 heterocycles. The summed E-state index contributed by atoms with van der Waals surface area (Å²) in [5, 5.41) is 4.04. The molecule has 4 rings (SSSR count). The first-order valence-electron chi connectivity index (χ1n) is 9.54. The molecule has 0 N–H and O–H groups in total. The smallest absolute Gasteiger partial charge is 0.292 e. The van der Waals surface area contributed by atoms with Crippen molar-refractivity contribution >= 4 is 15.9 Å². The summed E-state index contributed by atoms with van der Waals surface area (Å²) >= 11 is 0. The van der Waals surface area contributed by atoms with Crippen LogP contribution in [0.1, 0.15) is 35.0 Å². The van der Waals surface area contributed by atoms with Gasteiger partial charge in [0.1, 0.15) is 5.82 Å². The predicted octanol–water partition coefficient (Wildman–Crippen LogP) is 1.85. The Hall–Kier alpha value is -2.30. The summed E-state index contributed by atoms with van der Waals surface area (Å²) in [5.74, 6) is -0.597. The summed E-state index contributed by atoms with van der Waals surface area (Å²) < 4.78 is 50.7. The monoisotopic (exact) mass is 423 g/mol. The molecule has 2 aliphatic heterocycles. The molecular weight excluding hydrogens is 401 g/mol. The van der Waals surface area contributed by atoms with Crippen LogP contribution in [0, 0.1) is 5.82 Å². The zero-order valence-corrected chi connectivity index (χ0v) is 16.6. The Morgan fingerprint density at radius 2 is 1.83 bits per heavy atom. The Labute approximate surface area is 168 Å². The SMILES string of the molecule is O=C(c1cc(C2CCN(S(=O)(=O)c3cccc(F)c3)CC2)no1)N1CCOCC1. The van der Waals surface area contributed by atoms with Crippen molar-refractivity contribution in [2.75, 3.05) is 39.4 Å². The molecule has 1 amide bonds. The number of nitrogens with zero attached hydrogens (tertiary/aromatic N) is 3. The second-order valence-electron chi connectivity index (χ2n) is 7.16. The van der Waals surface area contributed by atoms with E-state index < -0.39 is 15.8 Å². The summed E-state index contributed by atoms with van der Waals surface area (Å²) in [6.45, 7) is 2.64. The zero-order chi connectivity index (χ0) is 20.4. The fourth-order valence-electron chi connectivity index (χ4n) is 3.67. The fourth-order valence-corrected chi connectivity index (χ4v) is 5.17. The Bertz CT molecular complexity index is 979. The minimum Gasteiger partial charge on any atom is -0.378 e. The molecule has 1 aromatic heterocycles. The first-order valence-corrected chi connectivity index (χ1v) is 11.0. The lowest BCUT2D eigenvalue weighted by Gasteiger charge is -2.30. The number of piperidine rings is 1. The highest BCUT2D eigenvalue weighted by molar-refractivity contribution is 7.89. The second-order valence-corrected chi connectivity index (χ2v) is 9.09. The molecule has 0 radical (unpaired) electrons. The van der Waals surface area contributed by atoms with Gasteiger partial charge in [0.2, 0.25) is 15.8 Å². The average molecular weight is 423 g/mol. The van der Waals surface area contributed by atoms with Crippen molar-refractivity contribution in [3.8, 4) is 0 Å². The van der Waals surface area contributed by atoms with Gasteiger partial charge in [0.05, 0.1) is 23.8 Å². The van der Waals surface area contributed by atoms with Gasteiger partial charge in [-0.1, -0.05) is 11.2 Å². The van der Waals surface area contributed by atoms with E-state index in [-0.39, 0.29) is 22.5 Å². The van der Waals surface area contributed by atoms with E-state index in [2.05, 4.69) is 5.16 Å². The quantitative estimate of drug-likeness (QED) is 0.745. The highest BCUT2D eigenvalue weighted by Crippen LogP contribution is 2.30. The number of rotatable bonds is 4. The van der Waals surface area contributed by atoms with Crippen LogP contribution in [0.5, 0.6) is 0 Å². The minimum atomic E-state index is -3.74. The number of morpholine rings is 1. The molecular formula is C19H22FN3O5S. The molecule has 8 nitrogen and oxygen atoms in total.